The Kier molecular flexibility index (Phi) is 129. The molecule has 0 bridgehead atoms. The third-order valence-corrected chi connectivity index (χ3v) is 0. The second-order valence-corrected chi connectivity index (χ2v) is 0. The number of hydrogen-bond donors (Lipinski definition) is 0. The average molecular weight is 155 g/mol. The Hall–Kier alpha value is 2.70. The molecule has 0 radical (unpaired) electrons. The molecule has 0 rings (SSSR count). The SMILES string of the molecule is [LiH].[NaH].[SiH4].[Zr]. The minimum absolute atomic E-state index is 0. The Morgan fingerprint density at radius 1 is 1.00 bits per heavy atom. The molecular formula is H6LiNaSiZr. The minimum Gasteiger partial charge on any atom is -0.0149 e. The topological polar surface area (TPSA) is 0 Å². The summed E-state index contributed by atoms with van der Waals surface area (Å²) >= 11 is 0. The third-order valence-electron chi connectivity index (χ3n) is 0. The third kappa shape index (κ3) is 8.83. The zero-order chi connectivity index (χ0) is 0. The fourth-order valence-electron chi connectivity index (χ4n) is 0. The van der Waals surface area contributed by atoms with E-state index in [9.17, 15) is 0 Å². The summed E-state index contributed by atoms with van der Waals surface area (Å²) in [5.74, 6) is 0. The second-order valence-electron chi connectivity index (χ2n) is 0. The van der Waals surface area contributed by atoms with Crippen molar-refractivity contribution in [2.75, 3.05) is 0 Å². The molecule has 0 amide bonds. The Bertz CT molecular complexity index is 8.00. The van der Waals surface area contributed by atoms with Crippen molar-refractivity contribution in [2.45, 2.75) is 0 Å². The molecule has 0 N–H and O–H groups in total. The first-order valence-electron chi connectivity index (χ1n) is 0. The molecule has 0 saturated heterocycles. The van der Waals surface area contributed by atoms with Gasteiger partial charge < -0.3 is 0 Å². The fourth-order valence-corrected chi connectivity index (χ4v) is 0. The molecule has 0 unspecified atom stereocenters. The van der Waals surface area contributed by atoms with Crippen LogP contribution < -0.4 is 0 Å². The maximum Gasteiger partial charge on any atom is 0 e. The van der Waals surface area contributed by atoms with Gasteiger partial charge in [-0.15, -0.1) is 0 Å². The zero-order valence-electron chi connectivity index (χ0n) is 0.500. The van der Waals surface area contributed by atoms with Crippen molar-refractivity contribution >= 4 is 59.4 Å². The molecule has 16 valence electrons. The first kappa shape index (κ1) is 29.9. The first-order valence-corrected chi connectivity index (χ1v) is 0. The van der Waals surface area contributed by atoms with Crippen LogP contribution in [0.25, 0.3) is 0 Å². The molecular weight excluding hydrogens is 149 g/mol. The van der Waals surface area contributed by atoms with Crippen LogP contribution in [-0.4, -0.2) is 59.4 Å². The van der Waals surface area contributed by atoms with Gasteiger partial charge in [-0.3, -0.25) is 0 Å². The van der Waals surface area contributed by atoms with E-state index in [2.05, 4.69) is 0 Å². The van der Waals surface area contributed by atoms with E-state index in [1.54, 1.807) is 0 Å². The van der Waals surface area contributed by atoms with Gasteiger partial charge in [0.15, 0.2) is 0 Å². The van der Waals surface area contributed by atoms with Gasteiger partial charge in [-0.05, 0) is 11.0 Å². The molecule has 0 aliphatic rings. The maximum absolute atomic E-state index is 0. The fraction of sp³-hybridized carbons (Fsp3) is 0. The van der Waals surface area contributed by atoms with Crippen molar-refractivity contribution in [3.63, 3.8) is 0 Å². The van der Waals surface area contributed by atoms with Crippen LogP contribution in [0.5, 0.6) is 0 Å². The minimum atomic E-state index is 0. The van der Waals surface area contributed by atoms with Crippen molar-refractivity contribution < 1.29 is 26.2 Å². The van der Waals surface area contributed by atoms with Crippen molar-refractivity contribution in [3.05, 3.63) is 0 Å². The van der Waals surface area contributed by atoms with Gasteiger partial charge in [0.1, 0.15) is 0 Å². The summed E-state index contributed by atoms with van der Waals surface area (Å²) in [5, 5.41) is 0. The van der Waals surface area contributed by atoms with E-state index in [1.807, 2.05) is 0 Å². The number of rotatable bonds is 0. The summed E-state index contributed by atoms with van der Waals surface area (Å²) in [4.78, 5) is 0. The van der Waals surface area contributed by atoms with Gasteiger partial charge in [-0.1, -0.05) is 0 Å². The Balaban J connectivity index is 0. The summed E-state index contributed by atoms with van der Waals surface area (Å²) in [6.07, 6.45) is 0. The molecule has 0 aromatic rings. The second kappa shape index (κ2) is 17.3. The van der Waals surface area contributed by atoms with Gasteiger partial charge in [-0.2, -0.15) is 0 Å². The summed E-state index contributed by atoms with van der Waals surface area (Å²) < 4.78 is 0. The number of hydrogen-bond acceptors (Lipinski definition) is 0. The van der Waals surface area contributed by atoms with Crippen molar-refractivity contribution in [1.82, 2.24) is 0 Å². The molecule has 0 atom stereocenters. The van der Waals surface area contributed by atoms with E-state index >= 15 is 0 Å². The van der Waals surface area contributed by atoms with Crippen LogP contribution in [-0.2, 0) is 26.2 Å². The quantitative estimate of drug-likeness (QED) is 0.333. The van der Waals surface area contributed by atoms with Crippen LogP contribution >= 0.6 is 0 Å². The summed E-state index contributed by atoms with van der Waals surface area (Å²) in [7, 11) is 0. The van der Waals surface area contributed by atoms with E-state index in [-0.39, 0.29) is 85.6 Å². The molecule has 0 aromatic heterocycles. The average Bonchev–Trinajstić information content (AvgIpc) is 0. The molecule has 0 aromatic carbocycles. The summed E-state index contributed by atoms with van der Waals surface area (Å²) in [6, 6.07) is 0. The van der Waals surface area contributed by atoms with Gasteiger partial charge in [0.25, 0.3) is 0 Å². The normalized spacial score (nSPS) is 0. The largest absolute Gasteiger partial charge is 0.0149 e. The van der Waals surface area contributed by atoms with Gasteiger partial charge in [0.05, 0.1) is 0 Å². The van der Waals surface area contributed by atoms with Gasteiger partial charge in [-0.25, -0.2) is 0 Å². The monoisotopic (exact) mass is 154 g/mol. The van der Waals surface area contributed by atoms with Gasteiger partial charge in [0.2, 0.25) is 0 Å². The first-order chi connectivity index (χ1) is 0. The van der Waals surface area contributed by atoms with Crippen molar-refractivity contribution in [3.8, 4) is 0 Å². The Labute approximate surface area is 84.1 Å². The Morgan fingerprint density at radius 2 is 1.00 bits per heavy atom. The van der Waals surface area contributed by atoms with Crippen LogP contribution in [0.15, 0.2) is 0 Å². The van der Waals surface area contributed by atoms with E-state index in [1.165, 1.54) is 0 Å². The molecule has 0 nitrogen and oxygen atoms in total. The predicted octanol–water partition coefficient (Wildman–Crippen LogP) is -2.75. The standard InChI is InChI=1S/Li.Na.H4Si.Zr.2H/h;;1H4;;;. The molecule has 0 aliphatic heterocycles. The van der Waals surface area contributed by atoms with Crippen molar-refractivity contribution in [2.24, 2.45) is 0 Å². The predicted molar refractivity (Wildman–Crippen MR) is 25.6 cm³/mol. The summed E-state index contributed by atoms with van der Waals surface area (Å²) in [5.41, 5.74) is 0. The molecule has 0 saturated carbocycles. The van der Waals surface area contributed by atoms with Crippen LogP contribution in [0.3, 0.4) is 0 Å². The van der Waals surface area contributed by atoms with Crippen LogP contribution in [0.2, 0.25) is 0 Å². The van der Waals surface area contributed by atoms with E-state index in [0.717, 1.165) is 0 Å². The molecule has 0 spiro atoms. The molecule has 4 heavy (non-hydrogen) atoms. The van der Waals surface area contributed by atoms with Crippen molar-refractivity contribution in [1.29, 1.82) is 0 Å². The molecule has 4 heteroatoms. The molecule has 0 fully saturated rings. The van der Waals surface area contributed by atoms with E-state index in [4.69, 9.17) is 0 Å². The van der Waals surface area contributed by atoms with E-state index < -0.39 is 0 Å². The molecule has 0 heterocycles. The van der Waals surface area contributed by atoms with Crippen LogP contribution in [0.1, 0.15) is 0 Å². The van der Waals surface area contributed by atoms with Gasteiger partial charge in [0, 0.05) is 26.2 Å². The smallest absolute Gasteiger partial charge is 0 e. The summed E-state index contributed by atoms with van der Waals surface area (Å²) in [6.45, 7) is 0. The van der Waals surface area contributed by atoms with Gasteiger partial charge >= 0.3 is 48.4 Å². The van der Waals surface area contributed by atoms with Crippen LogP contribution in [0, 0.1) is 0 Å². The molecule has 0 aliphatic carbocycles. The van der Waals surface area contributed by atoms with Crippen LogP contribution in [0.4, 0.5) is 0 Å². The maximum atomic E-state index is 0. The van der Waals surface area contributed by atoms with E-state index in [0.29, 0.717) is 0 Å². The Morgan fingerprint density at radius 3 is 1.00 bits per heavy atom. The zero-order valence-corrected chi connectivity index (χ0v) is 2.96.